The van der Waals surface area contributed by atoms with Gasteiger partial charge in [0.1, 0.15) is 5.69 Å². The highest BCUT2D eigenvalue weighted by Gasteiger charge is 2.50. The highest BCUT2D eigenvalue weighted by Crippen LogP contribution is 2.58. The van der Waals surface area contributed by atoms with Crippen LogP contribution in [0.3, 0.4) is 0 Å². The fourth-order valence-electron chi connectivity index (χ4n) is 4.83. The van der Waals surface area contributed by atoms with Crippen molar-refractivity contribution in [3.8, 4) is 16.9 Å². The molecule has 0 radical (unpaired) electrons. The van der Waals surface area contributed by atoms with Crippen LogP contribution in [0.5, 0.6) is 0 Å². The fraction of sp³-hybridized carbons (Fsp3) is 0.269. The summed E-state index contributed by atoms with van der Waals surface area (Å²) in [7, 11) is 0. The van der Waals surface area contributed by atoms with Gasteiger partial charge in [0.25, 0.3) is 5.91 Å². The zero-order valence-corrected chi connectivity index (χ0v) is 17.8. The average Bonchev–Trinajstić information content (AvgIpc) is 3.26. The number of allylic oxidation sites excluding steroid dienone is 2. The highest BCUT2D eigenvalue weighted by atomic mass is 16.2. The number of rotatable bonds is 5. The minimum atomic E-state index is -0.281. The van der Waals surface area contributed by atoms with Crippen LogP contribution in [0.15, 0.2) is 83.5 Å². The van der Waals surface area contributed by atoms with E-state index in [4.69, 9.17) is 5.10 Å². The van der Waals surface area contributed by atoms with Crippen molar-refractivity contribution in [2.24, 2.45) is 22.4 Å². The molecule has 2 unspecified atom stereocenters. The monoisotopic (exact) mass is 410 g/mol. The summed E-state index contributed by atoms with van der Waals surface area (Å²) in [5.41, 5.74) is 7.26. The summed E-state index contributed by atoms with van der Waals surface area (Å²) in [6.45, 7) is 4.66. The third-order valence-electron chi connectivity index (χ3n) is 6.90. The van der Waals surface area contributed by atoms with E-state index in [0.717, 1.165) is 29.3 Å². The van der Waals surface area contributed by atoms with Crippen molar-refractivity contribution in [3.05, 3.63) is 84.1 Å². The lowest BCUT2D eigenvalue weighted by Gasteiger charge is -2.55. The van der Waals surface area contributed by atoms with Crippen molar-refractivity contribution in [1.29, 1.82) is 0 Å². The predicted octanol–water partition coefficient (Wildman–Crippen LogP) is 5.25. The Labute approximate surface area is 182 Å². The lowest BCUT2D eigenvalue weighted by atomic mass is 9.49. The molecule has 2 aromatic carbocycles. The normalized spacial score (nSPS) is 21.4. The van der Waals surface area contributed by atoms with E-state index < -0.39 is 0 Å². The molecular formula is C26H26N4O. The number of para-hydroxylation sites is 1. The van der Waals surface area contributed by atoms with E-state index in [1.807, 2.05) is 72.9 Å². The number of hydrazone groups is 1. The van der Waals surface area contributed by atoms with Gasteiger partial charge in [0.2, 0.25) is 0 Å². The first-order valence-corrected chi connectivity index (χ1v) is 10.8. The molecule has 3 aliphatic rings. The number of nitrogens with one attached hydrogen (secondary N) is 1. The molecule has 0 aliphatic heterocycles. The SMILES string of the molecule is CC1(C)C2CC=C(C=NNC(=O)c3cc(-c4ccccc4)nn3-c3ccccc3)C1C2. The van der Waals surface area contributed by atoms with Crippen molar-refractivity contribution >= 4 is 12.1 Å². The third kappa shape index (κ3) is 3.50. The van der Waals surface area contributed by atoms with Crippen LogP contribution in [0.2, 0.25) is 0 Å². The average molecular weight is 411 g/mol. The number of benzene rings is 2. The van der Waals surface area contributed by atoms with E-state index in [9.17, 15) is 4.79 Å². The number of carbonyl (C=O) groups excluding carboxylic acids is 1. The molecule has 31 heavy (non-hydrogen) atoms. The number of hydrogen-bond acceptors (Lipinski definition) is 3. The molecule has 156 valence electrons. The largest absolute Gasteiger partial charge is 0.290 e. The molecule has 1 amide bonds. The summed E-state index contributed by atoms with van der Waals surface area (Å²) >= 11 is 0. The second-order valence-electron chi connectivity index (χ2n) is 8.97. The second-order valence-corrected chi connectivity index (χ2v) is 8.97. The Morgan fingerprint density at radius 2 is 1.84 bits per heavy atom. The number of amides is 1. The highest BCUT2D eigenvalue weighted by molar-refractivity contribution is 5.95. The Kier molecular flexibility index (Phi) is 4.81. The van der Waals surface area contributed by atoms with Crippen LogP contribution in [0.1, 0.15) is 37.2 Å². The topological polar surface area (TPSA) is 59.3 Å². The Bertz CT molecular complexity index is 1160. The first-order chi connectivity index (χ1) is 15.0. The smallest absolute Gasteiger partial charge is 0.266 e. The second kappa shape index (κ2) is 7.65. The molecule has 1 fully saturated rings. The predicted molar refractivity (Wildman–Crippen MR) is 123 cm³/mol. The molecule has 5 nitrogen and oxygen atoms in total. The van der Waals surface area contributed by atoms with Crippen molar-refractivity contribution in [3.63, 3.8) is 0 Å². The van der Waals surface area contributed by atoms with Gasteiger partial charge in [-0.3, -0.25) is 4.79 Å². The molecule has 1 N–H and O–H groups in total. The van der Waals surface area contributed by atoms with Gasteiger partial charge in [0, 0.05) is 5.56 Å². The van der Waals surface area contributed by atoms with Crippen LogP contribution in [0.25, 0.3) is 16.9 Å². The lowest BCUT2D eigenvalue weighted by Crippen LogP contribution is -2.48. The summed E-state index contributed by atoms with van der Waals surface area (Å²) in [4.78, 5) is 13.0. The molecule has 1 aromatic heterocycles. The molecule has 1 heterocycles. The quantitative estimate of drug-likeness (QED) is 0.461. The van der Waals surface area contributed by atoms with Gasteiger partial charge in [-0.25, -0.2) is 10.1 Å². The molecule has 6 rings (SSSR count). The number of hydrogen-bond donors (Lipinski definition) is 1. The van der Waals surface area contributed by atoms with E-state index in [1.54, 1.807) is 4.68 Å². The summed E-state index contributed by atoms with van der Waals surface area (Å²) in [5.74, 6) is 1.03. The van der Waals surface area contributed by atoms with Crippen molar-refractivity contribution in [2.75, 3.05) is 0 Å². The molecule has 3 aliphatic carbocycles. The van der Waals surface area contributed by atoms with Gasteiger partial charge in [-0.1, -0.05) is 68.5 Å². The molecule has 2 atom stereocenters. The van der Waals surface area contributed by atoms with E-state index in [1.165, 1.54) is 12.0 Å². The first-order valence-electron chi connectivity index (χ1n) is 10.8. The summed E-state index contributed by atoms with van der Waals surface area (Å²) in [6, 6.07) is 21.4. The van der Waals surface area contributed by atoms with Gasteiger partial charge in [0.15, 0.2) is 0 Å². The molecule has 3 aromatic rings. The fourth-order valence-corrected chi connectivity index (χ4v) is 4.83. The van der Waals surface area contributed by atoms with Crippen molar-refractivity contribution < 1.29 is 4.79 Å². The van der Waals surface area contributed by atoms with Crippen molar-refractivity contribution in [2.45, 2.75) is 26.7 Å². The van der Waals surface area contributed by atoms with Crippen LogP contribution in [-0.4, -0.2) is 21.9 Å². The third-order valence-corrected chi connectivity index (χ3v) is 6.90. The minimum absolute atomic E-state index is 0.281. The molecule has 2 bridgehead atoms. The Hall–Kier alpha value is -3.47. The molecule has 5 heteroatoms. The van der Waals surface area contributed by atoms with E-state index >= 15 is 0 Å². The van der Waals surface area contributed by atoms with Gasteiger partial charge in [-0.05, 0) is 53.9 Å². The zero-order valence-electron chi connectivity index (χ0n) is 17.8. The number of fused-ring (bicyclic) bond motifs is 1. The van der Waals surface area contributed by atoms with E-state index in [2.05, 4.69) is 30.5 Å². The molecule has 0 spiro atoms. The van der Waals surface area contributed by atoms with Crippen LogP contribution >= 0.6 is 0 Å². The Morgan fingerprint density at radius 1 is 1.13 bits per heavy atom. The van der Waals surface area contributed by atoms with Crippen LogP contribution in [0, 0.1) is 17.3 Å². The standard InChI is InChI=1S/C26H26N4O/c1-26(2)20-14-13-19(22(26)15-20)17-27-28-25(31)24-16-23(18-9-5-3-6-10-18)29-30(24)21-11-7-4-8-12-21/h3-13,16-17,20,22H,14-15H2,1-2H3,(H,28,31). The maximum atomic E-state index is 13.0. The number of nitrogens with zero attached hydrogens (tertiary/aromatic N) is 3. The van der Waals surface area contributed by atoms with Crippen LogP contribution in [-0.2, 0) is 0 Å². The summed E-state index contributed by atoms with van der Waals surface area (Å²) in [5, 5.41) is 8.99. The van der Waals surface area contributed by atoms with Gasteiger partial charge in [0.05, 0.1) is 17.6 Å². The van der Waals surface area contributed by atoms with Gasteiger partial charge >= 0.3 is 0 Å². The van der Waals surface area contributed by atoms with Gasteiger partial charge in [-0.2, -0.15) is 10.2 Å². The molecule has 1 saturated carbocycles. The van der Waals surface area contributed by atoms with Crippen LogP contribution in [0.4, 0.5) is 0 Å². The summed E-state index contributed by atoms with van der Waals surface area (Å²) < 4.78 is 1.67. The Balaban J connectivity index is 1.40. The van der Waals surface area contributed by atoms with Gasteiger partial charge in [-0.15, -0.1) is 0 Å². The Morgan fingerprint density at radius 3 is 2.52 bits per heavy atom. The number of carbonyl (C=O) groups is 1. The lowest BCUT2D eigenvalue weighted by molar-refractivity contribution is -0.00126. The van der Waals surface area contributed by atoms with Crippen molar-refractivity contribution in [1.82, 2.24) is 15.2 Å². The maximum Gasteiger partial charge on any atom is 0.290 e. The molecular weight excluding hydrogens is 384 g/mol. The van der Waals surface area contributed by atoms with E-state index in [0.29, 0.717) is 17.0 Å². The van der Waals surface area contributed by atoms with Crippen LogP contribution < -0.4 is 5.43 Å². The minimum Gasteiger partial charge on any atom is -0.266 e. The maximum absolute atomic E-state index is 13.0. The number of aromatic nitrogens is 2. The van der Waals surface area contributed by atoms with E-state index in [-0.39, 0.29) is 5.91 Å². The molecule has 0 saturated heterocycles. The first kappa shape index (κ1) is 19.5. The summed E-state index contributed by atoms with van der Waals surface area (Å²) in [6.07, 6.45) is 6.41. The zero-order chi connectivity index (χ0) is 21.4. The van der Waals surface area contributed by atoms with Gasteiger partial charge < -0.3 is 0 Å².